The summed E-state index contributed by atoms with van der Waals surface area (Å²) < 4.78 is 52.5. The van der Waals surface area contributed by atoms with E-state index in [0.717, 1.165) is 12.1 Å². The maximum absolute atomic E-state index is 12.4. The molecule has 5 nitrogen and oxygen atoms in total. The summed E-state index contributed by atoms with van der Waals surface area (Å²) in [6.07, 6.45) is 1.02. The van der Waals surface area contributed by atoms with Gasteiger partial charge in [0.25, 0.3) is 0 Å². The maximum atomic E-state index is 12.4. The molecule has 1 fully saturated rings. The predicted octanol–water partition coefficient (Wildman–Crippen LogP) is 1.64. The molecule has 0 amide bonds. The van der Waals surface area contributed by atoms with E-state index < -0.39 is 26.1 Å². The number of hydrogen-bond donors (Lipinski definition) is 2. The van der Waals surface area contributed by atoms with Gasteiger partial charge in [-0.15, -0.1) is 0 Å². The van der Waals surface area contributed by atoms with E-state index in [1.807, 2.05) is 0 Å². The van der Waals surface area contributed by atoms with E-state index in [4.69, 9.17) is 4.74 Å². The molecule has 21 heavy (non-hydrogen) atoms. The van der Waals surface area contributed by atoms with E-state index in [9.17, 15) is 22.3 Å². The molecule has 118 valence electrons. The van der Waals surface area contributed by atoms with Crippen molar-refractivity contribution in [2.45, 2.75) is 29.1 Å². The van der Waals surface area contributed by atoms with Crippen LogP contribution in [-0.2, 0) is 14.6 Å². The average molecular weight is 321 g/mol. The Bertz CT molecular complexity index is 568. The van der Waals surface area contributed by atoms with Crippen molar-refractivity contribution in [3.05, 3.63) is 24.3 Å². The lowest BCUT2D eigenvalue weighted by atomic mass is 9.94. The lowest BCUT2D eigenvalue weighted by Crippen LogP contribution is -2.42. The lowest BCUT2D eigenvalue weighted by Gasteiger charge is -2.32. The van der Waals surface area contributed by atoms with Crippen LogP contribution in [0.2, 0.25) is 0 Å². The van der Waals surface area contributed by atoms with Crippen LogP contribution in [0.4, 0.5) is 14.5 Å². The Morgan fingerprint density at radius 3 is 2.33 bits per heavy atom. The average Bonchev–Trinajstić information content (AvgIpc) is 2.46. The minimum atomic E-state index is -4.57. The van der Waals surface area contributed by atoms with Crippen molar-refractivity contribution < 1.29 is 27.0 Å². The Morgan fingerprint density at radius 2 is 1.81 bits per heavy atom. The lowest BCUT2D eigenvalue weighted by molar-refractivity contribution is -0.0543. The van der Waals surface area contributed by atoms with Gasteiger partial charge in [0.2, 0.25) is 9.84 Å². The van der Waals surface area contributed by atoms with Crippen LogP contribution in [0.3, 0.4) is 0 Å². The van der Waals surface area contributed by atoms with Gasteiger partial charge in [0.15, 0.2) is 0 Å². The van der Waals surface area contributed by atoms with Crippen LogP contribution in [0, 0.1) is 0 Å². The number of anilines is 1. The highest BCUT2D eigenvalue weighted by molar-refractivity contribution is 7.91. The quantitative estimate of drug-likeness (QED) is 0.862. The Balaban J connectivity index is 2.00. The minimum Gasteiger partial charge on any atom is -0.388 e. The number of halogens is 2. The first kappa shape index (κ1) is 16.1. The Morgan fingerprint density at radius 1 is 1.24 bits per heavy atom. The van der Waals surface area contributed by atoms with Gasteiger partial charge in [0.1, 0.15) is 0 Å². The second-order valence-corrected chi connectivity index (χ2v) is 6.94. The van der Waals surface area contributed by atoms with Gasteiger partial charge >= 0.3 is 5.76 Å². The minimum absolute atomic E-state index is 0.289. The van der Waals surface area contributed by atoms with Crippen molar-refractivity contribution in [2.24, 2.45) is 0 Å². The molecule has 0 atom stereocenters. The van der Waals surface area contributed by atoms with E-state index in [0.29, 0.717) is 31.7 Å². The van der Waals surface area contributed by atoms with Gasteiger partial charge in [0.05, 0.1) is 10.5 Å². The number of nitrogens with one attached hydrogen (secondary N) is 1. The third kappa shape index (κ3) is 3.90. The summed E-state index contributed by atoms with van der Waals surface area (Å²) in [5, 5.41) is 13.2. The van der Waals surface area contributed by atoms with Crippen LogP contribution in [-0.4, -0.2) is 44.6 Å². The molecule has 0 unspecified atom stereocenters. The molecule has 0 aliphatic carbocycles. The predicted molar refractivity (Wildman–Crippen MR) is 73.1 cm³/mol. The maximum Gasteiger partial charge on any atom is 0.341 e. The molecule has 0 spiro atoms. The zero-order valence-corrected chi connectivity index (χ0v) is 12.1. The van der Waals surface area contributed by atoms with Gasteiger partial charge in [-0.05, 0) is 24.3 Å². The summed E-state index contributed by atoms with van der Waals surface area (Å²) in [5.41, 5.74) is -0.311. The van der Waals surface area contributed by atoms with E-state index in [1.165, 1.54) is 12.1 Å². The highest BCUT2D eigenvalue weighted by Crippen LogP contribution is 2.23. The molecule has 0 aromatic heterocycles. The topological polar surface area (TPSA) is 75.6 Å². The molecule has 1 aromatic carbocycles. The molecule has 0 bridgehead atoms. The van der Waals surface area contributed by atoms with Gasteiger partial charge in [-0.3, -0.25) is 0 Å². The first-order chi connectivity index (χ1) is 9.83. The third-order valence-corrected chi connectivity index (χ3v) is 4.86. The second-order valence-electron chi connectivity index (χ2n) is 5.02. The van der Waals surface area contributed by atoms with E-state index >= 15 is 0 Å². The van der Waals surface area contributed by atoms with Crippen LogP contribution < -0.4 is 5.32 Å². The summed E-state index contributed by atoms with van der Waals surface area (Å²) >= 11 is 0. The summed E-state index contributed by atoms with van der Waals surface area (Å²) in [6, 6.07) is 5.05. The normalized spacial score (nSPS) is 18.7. The van der Waals surface area contributed by atoms with Gasteiger partial charge in [0, 0.05) is 38.3 Å². The smallest absolute Gasteiger partial charge is 0.341 e. The molecule has 2 N–H and O–H groups in total. The first-order valence-electron chi connectivity index (χ1n) is 6.50. The summed E-state index contributed by atoms with van der Waals surface area (Å²) in [4.78, 5) is -0.423. The van der Waals surface area contributed by atoms with Crippen molar-refractivity contribution in [2.75, 3.05) is 25.1 Å². The third-order valence-electron chi connectivity index (χ3n) is 3.46. The zero-order chi connectivity index (χ0) is 15.5. The Kier molecular flexibility index (Phi) is 4.80. The molecule has 0 radical (unpaired) electrons. The van der Waals surface area contributed by atoms with E-state index in [2.05, 4.69) is 5.32 Å². The molecule has 1 aromatic rings. The number of ether oxygens (including phenoxy) is 1. The highest BCUT2D eigenvalue weighted by atomic mass is 32.2. The zero-order valence-electron chi connectivity index (χ0n) is 11.3. The Labute approximate surface area is 121 Å². The number of sulfone groups is 1. The summed E-state index contributed by atoms with van der Waals surface area (Å²) in [5.74, 6) is -3.43. The number of benzene rings is 1. The SMILES string of the molecule is O=S(=O)(c1ccc(NCC2(O)CCOCC2)cc1)C(F)F. The molecule has 1 aliphatic rings. The molecule has 1 saturated heterocycles. The molecule has 1 heterocycles. The standard InChI is InChI=1S/C13H17F2NO4S/c14-12(15)21(18,19)11-3-1-10(2-4-11)16-9-13(17)5-7-20-8-6-13/h1-4,12,16-17H,5-9H2. The van der Waals surface area contributed by atoms with Crippen molar-refractivity contribution in [3.8, 4) is 0 Å². The fourth-order valence-corrected chi connectivity index (χ4v) is 2.78. The van der Waals surface area contributed by atoms with E-state index in [-0.39, 0.29) is 6.54 Å². The van der Waals surface area contributed by atoms with Crippen LogP contribution in [0.5, 0.6) is 0 Å². The number of rotatable bonds is 5. The first-order valence-corrected chi connectivity index (χ1v) is 8.04. The molecule has 0 saturated carbocycles. The fourth-order valence-electron chi connectivity index (χ4n) is 2.06. The second kappa shape index (κ2) is 6.25. The Hall–Kier alpha value is -1.25. The van der Waals surface area contributed by atoms with E-state index in [1.54, 1.807) is 0 Å². The fraction of sp³-hybridized carbons (Fsp3) is 0.538. The monoisotopic (exact) mass is 321 g/mol. The molecule has 1 aliphatic heterocycles. The van der Waals surface area contributed by atoms with Crippen molar-refractivity contribution >= 4 is 15.5 Å². The molecule has 8 heteroatoms. The molecule has 2 rings (SSSR count). The van der Waals surface area contributed by atoms with Crippen LogP contribution in [0.25, 0.3) is 0 Å². The van der Waals surface area contributed by atoms with Gasteiger partial charge in [-0.1, -0.05) is 0 Å². The largest absolute Gasteiger partial charge is 0.388 e. The van der Waals surface area contributed by atoms with Crippen molar-refractivity contribution in [1.82, 2.24) is 0 Å². The van der Waals surface area contributed by atoms with Crippen LogP contribution in [0.15, 0.2) is 29.2 Å². The van der Waals surface area contributed by atoms with Gasteiger partial charge in [-0.25, -0.2) is 8.42 Å². The number of hydrogen-bond acceptors (Lipinski definition) is 5. The molecular formula is C13H17F2NO4S. The van der Waals surface area contributed by atoms with Crippen LogP contribution >= 0.6 is 0 Å². The van der Waals surface area contributed by atoms with Crippen LogP contribution in [0.1, 0.15) is 12.8 Å². The van der Waals surface area contributed by atoms with Crippen molar-refractivity contribution in [1.29, 1.82) is 0 Å². The molecular weight excluding hydrogens is 304 g/mol. The number of aliphatic hydroxyl groups is 1. The summed E-state index contributed by atoms with van der Waals surface area (Å²) in [6.45, 7) is 1.27. The number of alkyl halides is 2. The van der Waals surface area contributed by atoms with Crippen molar-refractivity contribution in [3.63, 3.8) is 0 Å². The van der Waals surface area contributed by atoms with Gasteiger partial charge < -0.3 is 15.2 Å². The van der Waals surface area contributed by atoms with Gasteiger partial charge in [-0.2, -0.15) is 8.78 Å². The summed E-state index contributed by atoms with van der Waals surface area (Å²) in [7, 11) is -4.57. The highest BCUT2D eigenvalue weighted by Gasteiger charge is 2.29.